The van der Waals surface area contributed by atoms with Crippen LogP contribution in [-0.2, 0) is 14.2 Å². The summed E-state index contributed by atoms with van der Waals surface area (Å²) in [5.74, 6) is 0. The van der Waals surface area contributed by atoms with Gasteiger partial charge in [0.05, 0.1) is 19.8 Å². The summed E-state index contributed by atoms with van der Waals surface area (Å²) in [6.07, 6.45) is 15.7. The Hall–Kier alpha value is -0.280. The van der Waals surface area contributed by atoms with Gasteiger partial charge in [0.1, 0.15) is 24.4 Å². The first-order valence-corrected chi connectivity index (χ1v) is 13.6. The molecule has 0 aromatic carbocycles. The molecule has 4 N–H and O–H groups in total. The third-order valence-corrected chi connectivity index (χ3v) is 6.43. The highest BCUT2D eigenvalue weighted by atomic mass is 16.7. The molecule has 1 aliphatic rings. The van der Waals surface area contributed by atoms with Crippen LogP contribution in [0.2, 0.25) is 0 Å². The number of hydrogen-bond acceptors (Lipinski definition) is 7. The molecule has 0 aliphatic carbocycles. The maximum Gasteiger partial charge on any atom is 0.186 e. The maximum absolute atomic E-state index is 9.90. The van der Waals surface area contributed by atoms with E-state index in [0.717, 1.165) is 12.8 Å². The summed E-state index contributed by atoms with van der Waals surface area (Å²) >= 11 is 0. The first-order valence-electron chi connectivity index (χ1n) is 13.6. The lowest BCUT2D eigenvalue weighted by atomic mass is 10.0. The van der Waals surface area contributed by atoms with Crippen LogP contribution in [0.4, 0.5) is 0 Å². The molecule has 0 spiro atoms. The summed E-state index contributed by atoms with van der Waals surface area (Å²) in [5, 5.41) is 38.5. The Bertz CT molecular complexity index is 423. The molecule has 7 heteroatoms. The van der Waals surface area contributed by atoms with Gasteiger partial charge in [0.15, 0.2) is 6.29 Å². The van der Waals surface area contributed by atoms with Gasteiger partial charge in [-0.3, -0.25) is 0 Å². The number of hydrogen-bond donors (Lipinski definition) is 4. The molecule has 5 unspecified atom stereocenters. The van der Waals surface area contributed by atoms with E-state index in [1.165, 1.54) is 89.9 Å². The van der Waals surface area contributed by atoms with Gasteiger partial charge in [0.25, 0.3) is 0 Å². The van der Waals surface area contributed by atoms with E-state index in [1.807, 2.05) is 0 Å². The molecular formula is C26H52O7. The van der Waals surface area contributed by atoms with Gasteiger partial charge in [-0.25, -0.2) is 0 Å². The third kappa shape index (κ3) is 15.4. The highest BCUT2D eigenvalue weighted by molar-refractivity contribution is 4.83. The van der Waals surface area contributed by atoms with E-state index in [9.17, 15) is 20.4 Å². The number of rotatable bonds is 22. The molecule has 1 saturated heterocycles. The smallest absolute Gasteiger partial charge is 0.186 e. The van der Waals surface area contributed by atoms with Crippen LogP contribution in [0.3, 0.4) is 0 Å². The normalized spacial score (nSPS) is 24.3. The molecule has 0 bridgehead atoms. The van der Waals surface area contributed by atoms with Gasteiger partial charge in [-0.2, -0.15) is 0 Å². The maximum atomic E-state index is 9.90. The second-order valence-corrected chi connectivity index (χ2v) is 9.57. The summed E-state index contributed by atoms with van der Waals surface area (Å²) in [6, 6.07) is 0. The molecule has 0 aromatic rings. The van der Waals surface area contributed by atoms with Gasteiger partial charge in [0.2, 0.25) is 0 Å². The second kappa shape index (κ2) is 21.0. The summed E-state index contributed by atoms with van der Waals surface area (Å²) < 4.78 is 16.3. The van der Waals surface area contributed by atoms with Crippen LogP contribution in [0.15, 0.2) is 0 Å². The Balaban J connectivity index is 1.86. The predicted molar refractivity (Wildman–Crippen MR) is 130 cm³/mol. The fraction of sp³-hybridized carbons (Fsp3) is 1.00. The summed E-state index contributed by atoms with van der Waals surface area (Å²) in [4.78, 5) is 0. The minimum atomic E-state index is -1.36. The Labute approximate surface area is 201 Å². The van der Waals surface area contributed by atoms with Crippen LogP contribution in [0, 0.1) is 0 Å². The molecule has 198 valence electrons. The molecule has 5 atom stereocenters. The van der Waals surface area contributed by atoms with Crippen molar-refractivity contribution in [1.29, 1.82) is 0 Å². The van der Waals surface area contributed by atoms with Crippen LogP contribution < -0.4 is 0 Å². The lowest BCUT2D eigenvalue weighted by Crippen LogP contribution is -2.55. The molecule has 0 radical (unpaired) electrons. The Kier molecular flexibility index (Phi) is 19.6. The molecule has 0 amide bonds. The summed E-state index contributed by atoms with van der Waals surface area (Å²) in [5.41, 5.74) is 0. The van der Waals surface area contributed by atoms with Gasteiger partial charge in [-0.1, -0.05) is 103 Å². The number of aliphatic hydroxyl groups is 4. The SMILES string of the molecule is CCCCCCCCCCCCCCCCCCOCC(CO)OC1OCC(O)C(O)C1O. The average Bonchev–Trinajstić information content (AvgIpc) is 2.82. The van der Waals surface area contributed by atoms with Gasteiger partial charge in [0, 0.05) is 6.61 Å². The third-order valence-electron chi connectivity index (χ3n) is 6.43. The molecule has 1 fully saturated rings. The van der Waals surface area contributed by atoms with Crippen molar-refractivity contribution in [3.63, 3.8) is 0 Å². The van der Waals surface area contributed by atoms with Crippen molar-refractivity contribution in [3.8, 4) is 0 Å². The molecule has 0 aromatic heterocycles. The molecule has 1 aliphatic heterocycles. The standard InChI is InChI=1S/C26H52O7/c1-2-3-4-5-6-7-8-9-10-11-12-13-14-15-16-17-18-31-20-22(19-27)33-26-25(30)24(29)23(28)21-32-26/h22-30H,2-21H2,1H3. The molecule has 1 heterocycles. The van der Waals surface area contributed by atoms with E-state index in [4.69, 9.17) is 14.2 Å². The van der Waals surface area contributed by atoms with Crippen LogP contribution in [0.25, 0.3) is 0 Å². The van der Waals surface area contributed by atoms with E-state index in [1.54, 1.807) is 0 Å². The van der Waals surface area contributed by atoms with Crippen molar-refractivity contribution in [2.75, 3.05) is 26.4 Å². The van der Waals surface area contributed by atoms with Gasteiger partial charge < -0.3 is 34.6 Å². The van der Waals surface area contributed by atoms with Crippen molar-refractivity contribution in [1.82, 2.24) is 0 Å². The van der Waals surface area contributed by atoms with E-state index in [-0.39, 0.29) is 19.8 Å². The zero-order valence-electron chi connectivity index (χ0n) is 21.0. The number of unbranched alkanes of at least 4 members (excludes halogenated alkanes) is 15. The fourth-order valence-electron chi connectivity index (χ4n) is 4.19. The zero-order valence-corrected chi connectivity index (χ0v) is 21.0. The first kappa shape index (κ1) is 30.8. The lowest BCUT2D eigenvalue weighted by molar-refractivity contribution is -0.288. The lowest BCUT2D eigenvalue weighted by Gasteiger charge is -2.36. The molecule has 0 saturated carbocycles. The minimum absolute atomic E-state index is 0.124. The van der Waals surface area contributed by atoms with Gasteiger partial charge in [-0.05, 0) is 6.42 Å². The van der Waals surface area contributed by atoms with E-state index < -0.39 is 30.7 Å². The average molecular weight is 477 g/mol. The zero-order chi connectivity index (χ0) is 24.2. The van der Waals surface area contributed by atoms with Crippen LogP contribution in [0.1, 0.15) is 110 Å². The minimum Gasteiger partial charge on any atom is -0.394 e. The van der Waals surface area contributed by atoms with Crippen molar-refractivity contribution >= 4 is 0 Å². The van der Waals surface area contributed by atoms with Crippen LogP contribution in [0.5, 0.6) is 0 Å². The topological polar surface area (TPSA) is 109 Å². The highest BCUT2D eigenvalue weighted by Crippen LogP contribution is 2.18. The molecule has 1 rings (SSSR count). The largest absolute Gasteiger partial charge is 0.394 e. The van der Waals surface area contributed by atoms with E-state index in [2.05, 4.69) is 6.92 Å². The van der Waals surface area contributed by atoms with Crippen molar-refractivity contribution < 1.29 is 34.6 Å². The number of ether oxygens (including phenoxy) is 3. The van der Waals surface area contributed by atoms with Gasteiger partial charge >= 0.3 is 0 Å². The second-order valence-electron chi connectivity index (χ2n) is 9.57. The first-order chi connectivity index (χ1) is 16.1. The highest BCUT2D eigenvalue weighted by Gasteiger charge is 2.39. The van der Waals surface area contributed by atoms with Crippen molar-refractivity contribution in [2.45, 2.75) is 140 Å². The van der Waals surface area contributed by atoms with Gasteiger partial charge in [-0.15, -0.1) is 0 Å². The van der Waals surface area contributed by atoms with Crippen molar-refractivity contribution in [2.24, 2.45) is 0 Å². The Morgan fingerprint density at radius 1 is 0.727 bits per heavy atom. The van der Waals surface area contributed by atoms with Crippen molar-refractivity contribution in [3.05, 3.63) is 0 Å². The summed E-state index contributed by atoms with van der Waals surface area (Å²) in [7, 11) is 0. The quantitative estimate of drug-likeness (QED) is 0.174. The molecule has 33 heavy (non-hydrogen) atoms. The van der Waals surface area contributed by atoms with E-state index in [0.29, 0.717) is 6.61 Å². The molecular weight excluding hydrogens is 424 g/mol. The fourth-order valence-corrected chi connectivity index (χ4v) is 4.19. The van der Waals surface area contributed by atoms with Crippen LogP contribution >= 0.6 is 0 Å². The monoisotopic (exact) mass is 476 g/mol. The predicted octanol–water partition coefficient (Wildman–Crippen LogP) is 4.08. The Morgan fingerprint density at radius 3 is 1.70 bits per heavy atom. The summed E-state index contributed by atoms with van der Waals surface area (Å²) in [6.45, 7) is 2.67. The number of aliphatic hydroxyl groups excluding tert-OH is 4. The van der Waals surface area contributed by atoms with Crippen LogP contribution in [-0.4, -0.2) is 77.6 Å². The Morgan fingerprint density at radius 2 is 1.21 bits per heavy atom. The van der Waals surface area contributed by atoms with E-state index >= 15 is 0 Å². The molecule has 7 nitrogen and oxygen atoms in total.